The maximum Gasteiger partial charge on any atom is 0.256 e. The third-order valence-corrected chi connectivity index (χ3v) is 5.32. The molecular formula is C22H23N5O. The minimum atomic E-state index is -0.143. The first-order valence-electron chi connectivity index (χ1n) is 9.53. The summed E-state index contributed by atoms with van der Waals surface area (Å²) in [6, 6.07) is 11.9. The van der Waals surface area contributed by atoms with Gasteiger partial charge >= 0.3 is 0 Å². The molecule has 1 aliphatic heterocycles. The van der Waals surface area contributed by atoms with Crippen LogP contribution in [0.4, 0.5) is 0 Å². The van der Waals surface area contributed by atoms with Gasteiger partial charge in [0.15, 0.2) is 0 Å². The molecule has 0 unspecified atom stereocenters. The van der Waals surface area contributed by atoms with Crippen LogP contribution in [0.15, 0.2) is 55.0 Å². The van der Waals surface area contributed by atoms with Crippen LogP contribution in [0.25, 0.3) is 16.7 Å². The summed E-state index contributed by atoms with van der Waals surface area (Å²) in [6.07, 6.45) is 5.87. The zero-order valence-electron chi connectivity index (χ0n) is 16.3. The lowest BCUT2D eigenvalue weighted by molar-refractivity contribution is 0.0750. The minimum absolute atomic E-state index is 0.0382. The largest absolute Gasteiger partial charge is 0.360 e. The van der Waals surface area contributed by atoms with Crippen LogP contribution in [0.2, 0.25) is 0 Å². The Morgan fingerprint density at radius 2 is 1.82 bits per heavy atom. The van der Waals surface area contributed by atoms with E-state index in [-0.39, 0.29) is 11.4 Å². The molecule has 4 heterocycles. The van der Waals surface area contributed by atoms with Crippen molar-refractivity contribution < 1.29 is 4.79 Å². The fourth-order valence-corrected chi connectivity index (χ4v) is 3.97. The number of carbonyl (C=O) groups is 1. The van der Waals surface area contributed by atoms with Gasteiger partial charge in [0.2, 0.25) is 0 Å². The fourth-order valence-electron chi connectivity index (χ4n) is 3.97. The smallest absolute Gasteiger partial charge is 0.256 e. The second kappa shape index (κ2) is 5.86. The molecule has 0 fully saturated rings. The maximum atomic E-state index is 13.2. The third-order valence-electron chi connectivity index (χ3n) is 5.32. The number of nitrogens with zero attached hydrogens (tertiary/aromatic N) is 4. The van der Waals surface area contributed by atoms with E-state index in [1.165, 1.54) is 0 Å². The van der Waals surface area contributed by atoms with Gasteiger partial charge in [0.1, 0.15) is 5.82 Å². The summed E-state index contributed by atoms with van der Waals surface area (Å²) in [5.74, 6) is 1.08. The highest BCUT2D eigenvalue weighted by Crippen LogP contribution is 2.33. The number of H-pyrrole nitrogens is 1. The molecular weight excluding hydrogens is 350 g/mol. The fraction of sp³-hybridized carbons (Fsp3) is 0.273. The van der Waals surface area contributed by atoms with Crippen LogP contribution < -0.4 is 0 Å². The lowest BCUT2D eigenvalue weighted by atomic mass is 10.1. The average Bonchev–Trinajstić information content (AvgIpc) is 3.41. The number of aromatic amines is 1. The first kappa shape index (κ1) is 16.9. The van der Waals surface area contributed by atoms with E-state index >= 15 is 0 Å². The number of amides is 1. The van der Waals surface area contributed by atoms with Gasteiger partial charge in [0.05, 0.1) is 29.9 Å². The van der Waals surface area contributed by atoms with Gasteiger partial charge < -0.3 is 14.5 Å². The molecule has 1 amide bonds. The van der Waals surface area contributed by atoms with Crippen molar-refractivity contribution in [3.63, 3.8) is 0 Å². The van der Waals surface area contributed by atoms with Crippen LogP contribution in [0.5, 0.6) is 0 Å². The summed E-state index contributed by atoms with van der Waals surface area (Å²) in [7, 11) is 0. The van der Waals surface area contributed by atoms with Crippen molar-refractivity contribution in [2.45, 2.75) is 39.4 Å². The van der Waals surface area contributed by atoms with E-state index in [1.54, 1.807) is 0 Å². The first-order valence-corrected chi connectivity index (χ1v) is 9.53. The predicted molar refractivity (Wildman–Crippen MR) is 108 cm³/mol. The molecule has 0 saturated carbocycles. The molecule has 1 aromatic carbocycles. The zero-order chi connectivity index (χ0) is 19.5. The summed E-state index contributed by atoms with van der Waals surface area (Å²) in [5, 5.41) is 5.85. The monoisotopic (exact) mass is 373 g/mol. The van der Waals surface area contributed by atoms with Crippen LogP contribution in [-0.2, 0) is 18.6 Å². The van der Waals surface area contributed by atoms with Crippen molar-refractivity contribution in [2.24, 2.45) is 0 Å². The van der Waals surface area contributed by atoms with E-state index in [1.807, 2.05) is 59.9 Å². The lowest BCUT2D eigenvalue weighted by Gasteiger charge is -2.24. The Kier molecular flexibility index (Phi) is 3.53. The number of fused-ring (bicyclic) bond motifs is 2. The van der Waals surface area contributed by atoms with E-state index in [0.717, 1.165) is 28.0 Å². The molecule has 6 heteroatoms. The Morgan fingerprint density at radius 1 is 1.07 bits per heavy atom. The second-order valence-corrected chi connectivity index (χ2v) is 8.33. The quantitative estimate of drug-likeness (QED) is 0.576. The van der Waals surface area contributed by atoms with Gasteiger partial charge in [-0.05, 0) is 39.0 Å². The number of benzene rings is 1. The van der Waals surface area contributed by atoms with E-state index in [2.05, 4.69) is 35.0 Å². The standard InChI is InChI=1S/C22H23N5O/c1-22(2,3)27-20(25-10-6-7-11-25)17-13-26(14-19(17)24-27)21(28)16-12-23-18-9-5-4-8-15(16)18/h4-12,23H,13-14H2,1-3H3. The Balaban J connectivity index is 1.53. The number of para-hydroxylation sites is 1. The van der Waals surface area contributed by atoms with E-state index in [0.29, 0.717) is 18.7 Å². The van der Waals surface area contributed by atoms with Gasteiger partial charge in [-0.15, -0.1) is 0 Å². The normalized spacial score (nSPS) is 14.0. The number of hydrogen-bond acceptors (Lipinski definition) is 2. The van der Waals surface area contributed by atoms with Crippen LogP contribution in [-0.4, -0.2) is 30.1 Å². The lowest BCUT2D eigenvalue weighted by Crippen LogP contribution is -2.29. The van der Waals surface area contributed by atoms with Gasteiger partial charge in [-0.3, -0.25) is 4.79 Å². The Bertz CT molecular complexity index is 1170. The molecule has 6 nitrogen and oxygen atoms in total. The molecule has 5 rings (SSSR count). The highest BCUT2D eigenvalue weighted by molar-refractivity contribution is 6.06. The SMILES string of the molecule is CC(C)(C)n1nc2c(c1-n1cccc1)CN(C(=O)c1c[nH]c3ccccc13)C2. The van der Waals surface area contributed by atoms with Gasteiger partial charge in [0, 0.05) is 35.1 Å². The van der Waals surface area contributed by atoms with Crippen molar-refractivity contribution in [3.8, 4) is 5.82 Å². The molecule has 0 saturated heterocycles. The van der Waals surface area contributed by atoms with Gasteiger partial charge in [0.25, 0.3) is 5.91 Å². The molecule has 0 aliphatic carbocycles. The van der Waals surface area contributed by atoms with Gasteiger partial charge in [-0.2, -0.15) is 5.10 Å². The first-order chi connectivity index (χ1) is 13.4. The molecule has 28 heavy (non-hydrogen) atoms. The number of aromatic nitrogens is 4. The van der Waals surface area contributed by atoms with Crippen molar-refractivity contribution in [3.05, 3.63) is 71.8 Å². The minimum Gasteiger partial charge on any atom is -0.360 e. The van der Waals surface area contributed by atoms with Crippen molar-refractivity contribution in [1.82, 2.24) is 24.2 Å². The maximum absolute atomic E-state index is 13.2. The van der Waals surface area contributed by atoms with Crippen LogP contribution >= 0.6 is 0 Å². The molecule has 0 radical (unpaired) electrons. The number of nitrogens with one attached hydrogen (secondary N) is 1. The van der Waals surface area contributed by atoms with Crippen molar-refractivity contribution in [1.29, 1.82) is 0 Å². The molecule has 1 aliphatic rings. The van der Waals surface area contributed by atoms with E-state index in [4.69, 9.17) is 5.10 Å². The third kappa shape index (κ3) is 2.48. The molecule has 3 aromatic heterocycles. The second-order valence-electron chi connectivity index (χ2n) is 8.33. The highest BCUT2D eigenvalue weighted by Gasteiger charge is 2.34. The molecule has 4 aromatic rings. The number of rotatable bonds is 2. The topological polar surface area (TPSA) is 58.9 Å². The predicted octanol–water partition coefficient (Wildman–Crippen LogP) is 4.07. The number of carbonyl (C=O) groups excluding carboxylic acids is 1. The number of hydrogen-bond donors (Lipinski definition) is 1. The van der Waals surface area contributed by atoms with Crippen LogP contribution in [0.3, 0.4) is 0 Å². The van der Waals surface area contributed by atoms with E-state index < -0.39 is 0 Å². The van der Waals surface area contributed by atoms with Crippen molar-refractivity contribution >= 4 is 16.8 Å². The summed E-state index contributed by atoms with van der Waals surface area (Å²) in [6.45, 7) is 7.55. The summed E-state index contributed by atoms with van der Waals surface area (Å²) in [4.78, 5) is 18.3. The van der Waals surface area contributed by atoms with Crippen molar-refractivity contribution in [2.75, 3.05) is 0 Å². The summed E-state index contributed by atoms with van der Waals surface area (Å²) in [5.41, 5.74) is 3.65. The highest BCUT2D eigenvalue weighted by atomic mass is 16.2. The average molecular weight is 373 g/mol. The summed E-state index contributed by atoms with van der Waals surface area (Å²) >= 11 is 0. The van der Waals surface area contributed by atoms with Crippen LogP contribution in [0.1, 0.15) is 42.4 Å². The summed E-state index contributed by atoms with van der Waals surface area (Å²) < 4.78 is 4.17. The zero-order valence-corrected chi connectivity index (χ0v) is 16.3. The molecule has 0 atom stereocenters. The molecule has 142 valence electrons. The molecule has 0 bridgehead atoms. The molecule has 0 spiro atoms. The van der Waals surface area contributed by atoms with Crippen LogP contribution in [0, 0.1) is 0 Å². The Hall–Kier alpha value is -3.28. The Labute approximate surface area is 163 Å². The van der Waals surface area contributed by atoms with Gasteiger partial charge in [-0.25, -0.2) is 4.68 Å². The van der Waals surface area contributed by atoms with E-state index in [9.17, 15) is 4.79 Å². The Morgan fingerprint density at radius 3 is 2.57 bits per heavy atom. The molecule has 1 N–H and O–H groups in total. The van der Waals surface area contributed by atoms with Gasteiger partial charge in [-0.1, -0.05) is 18.2 Å².